The van der Waals surface area contributed by atoms with Gasteiger partial charge in [0, 0.05) is 11.5 Å². The van der Waals surface area contributed by atoms with Crippen molar-refractivity contribution in [3.8, 4) is 28.4 Å². The van der Waals surface area contributed by atoms with Crippen LogP contribution < -0.4 is 14.2 Å². The van der Waals surface area contributed by atoms with E-state index >= 15 is 0 Å². The van der Waals surface area contributed by atoms with Crippen LogP contribution in [0.5, 0.6) is 17.2 Å². The van der Waals surface area contributed by atoms with Gasteiger partial charge in [-0.3, -0.25) is 0 Å². The number of hydrogen-bond acceptors (Lipinski definition) is 12. The molecule has 54 heavy (non-hydrogen) atoms. The predicted molar refractivity (Wildman–Crippen MR) is 197 cm³/mol. The third-order valence-electron chi connectivity index (χ3n) is 8.27. The lowest BCUT2D eigenvalue weighted by atomic mass is 9.99. The fourth-order valence-electron chi connectivity index (χ4n) is 5.43. The van der Waals surface area contributed by atoms with Crippen LogP contribution in [-0.4, -0.2) is 76.9 Å². The number of benzene rings is 4. The molecule has 0 N–H and O–H groups in total. The summed E-state index contributed by atoms with van der Waals surface area (Å²) in [4.78, 5) is 49.0. The molecule has 0 fully saturated rings. The molecule has 12 heteroatoms. The van der Waals surface area contributed by atoms with Gasteiger partial charge in [0.2, 0.25) is 0 Å². The first-order chi connectivity index (χ1) is 26.1. The molecule has 1 aliphatic rings. The molecular formula is C42H42O12. The van der Waals surface area contributed by atoms with Crippen LogP contribution in [0.4, 0.5) is 4.79 Å². The molecule has 282 valence electrons. The highest BCUT2D eigenvalue weighted by molar-refractivity contribution is 5.92. The van der Waals surface area contributed by atoms with Crippen LogP contribution in [0.2, 0.25) is 0 Å². The van der Waals surface area contributed by atoms with Gasteiger partial charge in [0.05, 0.1) is 50.8 Å². The monoisotopic (exact) mass is 738 g/mol. The average Bonchev–Trinajstić information content (AvgIpc) is 3.43. The van der Waals surface area contributed by atoms with Crippen molar-refractivity contribution < 1.29 is 57.1 Å². The van der Waals surface area contributed by atoms with Gasteiger partial charge in [0.25, 0.3) is 0 Å². The van der Waals surface area contributed by atoms with Gasteiger partial charge in [0.15, 0.2) is 0 Å². The second-order valence-corrected chi connectivity index (χ2v) is 12.3. The molecule has 1 unspecified atom stereocenters. The largest absolute Gasteiger partial charge is 0.513 e. The van der Waals surface area contributed by atoms with Crippen molar-refractivity contribution in [3.05, 3.63) is 125 Å². The molecule has 0 radical (unpaired) electrons. The summed E-state index contributed by atoms with van der Waals surface area (Å²) in [7, 11) is 0. The zero-order valence-corrected chi connectivity index (χ0v) is 30.4. The lowest BCUT2D eigenvalue weighted by Gasteiger charge is -2.10. The number of carbonyl (C=O) groups is 4. The van der Waals surface area contributed by atoms with Crippen molar-refractivity contribution in [1.29, 1.82) is 0 Å². The number of carbonyl (C=O) groups excluding carboxylic acids is 4. The molecule has 0 aromatic heterocycles. The second-order valence-electron chi connectivity index (χ2n) is 12.3. The lowest BCUT2D eigenvalue weighted by Crippen LogP contribution is -2.16. The SMILES string of the molecule is C=C(C)C(=O)OCCOCCOCCOCCOC(=O)Oc1ccc(C(=O)Oc2ccc3c(c2)C(C)c2cc(OC(=O)c4ccc(C)cc4)ccc2-3)cc1. The highest BCUT2D eigenvalue weighted by Gasteiger charge is 2.27. The van der Waals surface area contributed by atoms with Crippen LogP contribution in [0.15, 0.2) is 97.1 Å². The predicted octanol–water partition coefficient (Wildman–Crippen LogP) is 7.25. The zero-order valence-electron chi connectivity index (χ0n) is 30.4. The molecule has 4 aromatic rings. The first kappa shape index (κ1) is 39.4. The Hall–Kier alpha value is -5.82. The van der Waals surface area contributed by atoms with Gasteiger partial charge in [-0.2, -0.15) is 0 Å². The Morgan fingerprint density at radius 1 is 0.556 bits per heavy atom. The van der Waals surface area contributed by atoms with E-state index in [2.05, 4.69) is 6.58 Å². The van der Waals surface area contributed by atoms with Crippen LogP contribution in [0.1, 0.15) is 57.2 Å². The fourth-order valence-corrected chi connectivity index (χ4v) is 5.43. The average molecular weight is 739 g/mol. The molecule has 12 nitrogen and oxygen atoms in total. The van der Waals surface area contributed by atoms with Gasteiger partial charge in [-0.15, -0.1) is 0 Å². The summed E-state index contributed by atoms with van der Waals surface area (Å²) in [6.07, 6.45) is -0.916. The van der Waals surface area contributed by atoms with Crippen molar-refractivity contribution in [2.75, 3.05) is 52.9 Å². The Morgan fingerprint density at radius 3 is 1.46 bits per heavy atom. The summed E-state index contributed by atoms with van der Waals surface area (Å²) < 4.78 is 42.5. The van der Waals surface area contributed by atoms with Crippen LogP contribution in [0, 0.1) is 6.92 Å². The number of rotatable bonds is 18. The highest BCUT2D eigenvalue weighted by atomic mass is 16.7. The third kappa shape index (κ3) is 11.1. The Bertz CT molecular complexity index is 1950. The standard InChI is InChI=1S/C42H42O12/c1-27(2)39(43)50-23-21-48-19-17-47-18-20-49-22-24-51-42(46)54-32-11-9-31(10-12-32)41(45)53-34-14-16-36-35-15-13-33(25-37(35)29(4)38(36)26-34)52-40(44)30-7-5-28(3)6-8-30/h5-16,25-26,29H,1,17-24H2,2-4H3. The van der Waals surface area contributed by atoms with E-state index in [0.717, 1.165) is 27.8 Å². The number of hydrogen-bond donors (Lipinski definition) is 0. The molecule has 0 bridgehead atoms. The fraction of sp³-hybridized carbons (Fsp3) is 0.286. The molecule has 1 aliphatic carbocycles. The molecule has 4 aromatic carbocycles. The number of ether oxygens (including phenoxy) is 8. The van der Waals surface area contributed by atoms with Gasteiger partial charge in [0.1, 0.15) is 30.5 Å². The summed E-state index contributed by atoms with van der Waals surface area (Å²) in [5.41, 5.74) is 6.15. The summed E-state index contributed by atoms with van der Waals surface area (Å²) in [5.74, 6) is -0.456. The summed E-state index contributed by atoms with van der Waals surface area (Å²) in [6.45, 7) is 10.9. The summed E-state index contributed by atoms with van der Waals surface area (Å²) in [5, 5.41) is 0. The van der Waals surface area contributed by atoms with Gasteiger partial charge in [-0.1, -0.05) is 43.3 Å². The first-order valence-electron chi connectivity index (χ1n) is 17.4. The van der Waals surface area contributed by atoms with E-state index in [4.69, 9.17) is 37.9 Å². The van der Waals surface area contributed by atoms with Crippen LogP contribution in [0.3, 0.4) is 0 Å². The molecule has 0 saturated carbocycles. The normalized spacial score (nSPS) is 12.6. The Kier molecular flexibility index (Phi) is 14.1. The third-order valence-corrected chi connectivity index (χ3v) is 8.27. The Morgan fingerprint density at radius 2 is 0.981 bits per heavy atom. The second kappa shape index (κ2) is 19.3. The minimum atomic E-state index is -0.916. The van der Waals surface area contributed by atoms with Gasteiger partial charge >= 0.3 is 24.1 Å². The van der Waals surface area contributed by atoms with Crippen LogP contribution >= 0.6 is 0 Å². The summed E-state index contributed by atoms with van der Waals surface area (Å²) >= 11 is 0. The first-order valence-corrected chi connectivity index (χ1v) is 17.4. The number of aryl methyl sites for hydroxylation is 1. The van der Waals surface area contributed by atoms with E-state index in [1.807, 2.05) is 50.2 Å². The van der Waals surface area contributed by atoms with Gasteiger partial charge < -0.3 is 37.9 Å². The van der Waals surface area contributed by atoms with Crippen molar-refractivity contribution in [1.82, 2.24) is 0 Å². The molecule has 0 spiro atoms. The molecule has 0 aliphatic heterocycles. The maximum Gasteiger partial charge on any atom is 0.513 e. The maximum absolute atomic E-state index is 13.0. The van der Waals surface area contributed by atoms with E-state index in [9.17, 15) is 19.2 Å². The molecule has 5 rings (SSSR count). The molecule has 1 atom stereocenters. The Balaban J connectivity index is 0.988. The van der Waals surface area contributed by atoms with E-state index < -0.39 is 24.1 Å². The van der Waals surface area contributed by atoms with Crippen molar-refractivity contribution in [3.63, 3.8) is 0 Å². The van der Waals surface area contributed by atoms with Gasteiger partial charge in [-0.25, -0.2) is 19.2 Å². The van der Waals surface area contributed by atoms with E-state index in [1.165, 1.54) is 24.3 Å². The minimum Gasteiger partial charge on any atom is -0.460 e. The van der Waals surface area contributed by atoms with E-state index in [0.29, 0.717) is 49.1 Å². The van der Waals surface area contributed by atoms with Crippen molar-refractivity contribution in [2.45, 2.75) is 26.7 Å². The lowest BCUT2D eigenvalue weighted by molar-refractivity contribution is -0.140. The van der Waals surface area contributed by atoms with Crippen LogP contribution in [0.25, 0.3) is 11.1 Å². The molecular weight excluding hydrogens is 696 g/mol. The quantitative estimate of drug-likeness (QED) is 0.0334. The number of esters is 3. The van der Waals surface area contributed by atoms with Crippen LogP contribution in [-0.2, 0) is 28.5 Å². The maximum atomic E-state index is 13.0. The van der Waals surface area contributed by atoms with E-state index in [-0.39, 0.29) is 43.7 Å². The smallest absolute Gasteiger partial charge is 0.460 e. The topological polar surface area (TPSA) is 142 Å². The van der Waals surface area contributed by atoms with Crippen molar-refractivity contribution >= 4 is 24.1 Å². The zero-order chi connectivity index (χ0) is 38.5. The molecule has 0 saturated heterocycles. The Labute approximate surface area is 313 Å². The number of fused-ring (bicyclic) bond motifs is 3. The van der Waals surface area contributed by atoms with Crippen molar-refractivity contribution in [2.24, 2.45) is 0 Å². The summed E-state index contributed by atoms with van der Waals surface area (Å²) in [6, 6.07) is 24.2. The minimum absolute atomic E-state index is 0.0254. The van der Waals surface area contributed by atoms with Gasteiger partial charge in [-0.05, 0) is 96.8 Å². The molecule has 0 heterocycles. The van der Waals surface area contributed by atoms with E-state index in [1.54, 1.807) is 31.2 Å². The molecule has 0 amide bonds. The highest BCUT2D eigenvalue weighted by Crippen LogP contribution is 2.47.